The average Bonchev–Trinajstić information content (AvgIpc) is 3.18. The van der Waals surface area contributed by atoms with Crippen LogP contribution >= 0.6 is 0 Å². The van der Waals surface area contributed by atoms with Crippen LogP contribution in [-0.4, -0.2) is 28.3 Å². The Bertz CT molecular complexity index is 1140. The molecule has 0 amide bonds. The van der Waals surface area contributed by atoms with Crippen molar-refractivity contribution in [1.29, 1.82) is 0 Å². The number of aryl methyl sites for hydroxylation is 1. The second-order valence-corrected chi connectivity index (χ2v) is 7.79. The zero-order chi connectivity index (χ0) is 19.6. The molecule has 3 N–H and O–H groups in total. The van der Waals surface area contributed by atoms with Gasteiger partial charge in [-0.1, -0.05) is 42.5 Å². The maximum atomic E-state index is 4.98. The molecule has 1 saturated heterocycles. The number of rotatable bonds is 4. The first-order valence-corrected chi connectivity index (χ1v) is 10.3. The van der Waals surface area contributed by atoms with Crippen LogP contribution in [0.15, 0.2) is 60.7 Å². The molecule has 0 saturated carbocycles. The number of H-pyrrole nitrogens is 1. The van der Waals surface area contributed by atoms with Crippen molar-refractivity contribution in [2.45, 2.75) is 25.7 Å². The second-order valence-electron chi connectivity index (χ2n) is 7.79. The molecule has 0 unspecified atom stereocenters. The highest BCUT2D eigenvalue weighted by Crippen LogP contribution is 2.33. The molecule has 5 nitrogen and oxygen atoms in total. The Hall–Kier alpha value is -3.18. The van der Waals surface area contributed by atoms with Crippen LogP contribution in [0.2, 0.25) is 0 Å². The van der Waals surface area contributed by atoms with Crippen molar-refractivity contribution in [2.24, 2.45) is 0 Å². The minimum Gasteiger partial charge on any atom is -0.323 e. The molecule has 0 atom stereocenters. The van der Waals surface area contributed by atoms with Crippen molar-refractivity contribution in [2.75, 3.05) is 18.4 Å². The largest absolute Gasteiger partial charge is 0.323 e. The monoisotopic (exact) mass is 383 g/mol. The summed E-state index contributed by atoms with van der Waals surface area (Å²) < 4.78 is 0. The first kappa shape index (κ1) is 17.9. The molecule has 1 aliphatic rings. The van der Waals surface area contributed by atoms with Crippen LogP contribution in [0.1, 0.15) is 30.0 Å². The molecule has 146 valence electrons. The van der Waals surface area contributed by atoms with Crippen molar-refractivity contribution in [3.8, 4) is 11.3 Å². The van der Waals surface area contributed by atoms with Crippen LogP contribution in [0.3, 0.4) is 0 Å². The summed E-state index contributed by atoms with van der Waals surface area (Å²) >= 11 is 0. The highest BCUT2D eigenvalue weighted by molar-refractivity contribution is 5.96. The van der Waals surface area contributed by atoms with Gasteiger partial charge in [0.25, 0.3) is 0 Å². The number of benzene rings is 2. The predicted octanol–water partition coefficient (Wildman–Crippen LogP) is 5.14. The molecule has 1 fully saturated rings. The fourth-order valence-electron chi connectivity index (χ4n) is 4.19. The lowest BCUT2D eigenvalue weighted by atomic mass is 9.88. The van der Waals surface area contributed by atoms with E-state index in [0.717, 1.165) is 36.1 Å². The van der Waals surface area contributed by atoms with Gasteiger partial charge in [-0.25, -0.2) is 4.98 Å². The van der Waals surface area contributed by atoms with E-state index < -0.39 is 0 Å². The predicted molar refractivity (Wildman–Crippen MR) is 119 cm³/mol. The third-order valence-electron chi connectivity index (χ3n) is 5.67. The molecule has 0 spiro atoms. The Balaban J connectivity index is 1.58. The van der Waals surface area contributed by atoms with E-state index >= 15 is 0 Å². The lowest BCUT2D eigenvalue weighted by Crippen LogP contribution is -2.26. The van der Waals surface area contributed by atoms with Gasteiger partial charge in [-0.3, -0.25) is 5.10 Å². The van der Waals surface area contributed by atoms with Gasteiger partial charge in [0.2, 0.25) is 0 Å². The number of nitrogens with zero attached hydrogens (tertiary/aromatic N) is 2. The molecule has 4 aromatic rings. The quantitative estimate of drug-likeness (QED) is 0.456. The highest BCUT2D eigenvalue weighted by atomic mass is 15.2. The first-order chi connectivity index (χ1) is 14.3. The van der Waals surface area contributed by atoms with Crippen molar-refractivity contribution >= 4 is 22.4 Å². The summed E-state index contributed by atoms with van der Waals surface area (Å²) in [5.41, 5.74) is 4.60. The summed E-state index contributed by atoms with van der Waals surface area (Å²) in [4.78, 5) is 4.98. The molecule has 2 aromatic heterocycles. The molecule has 5 heteroatoms. The lowest BCUT2D eigenvalue weighted by molar-refractivity contribution is 0.460. The number of hydrogen-bond acceptors (Lipinski definition) is 4. The number of aromatic amines is 1. The average molecular weight is 383 g/mol. The summed E-state index contributed by atoms with van der Waals surface area (Å²) in [6, 6.07) is 21.4. The van der Waals surface area contributed by atoms with Crippen molar-refractivity contribution in [3.05, 3.63) is 71.9 Å². The zero-order valence-electron chi connectivity index (χ0n) is 16.6. The topological polar surface area (TPSA) is 65.6 Å². The van der Waals surface area contributed by atoms with Crippen LogP contribution in [0, 0.1) is 6.92 Å². The Morgan fingerprint density at radius 1 is 0.931 bits per heavy atom. The van der Waals surface area contributed by atoms with Gasteiger partial charge in [0, 0.05) is 22.7 Å². The Morgan fingerprint density at radius 3 is 2.62 bits per heavy atom. The van der Waals surface area contributed by atoms with Crippen molar-refractivity contribution in [1.82, 2.24) is 20.5 Å². The zero-order valence-corrected chi connectivity index (χ0v) is 16.6. The number of pyridine rings is 1. The first-order valence-electron chi connectivity index (χ1n) is 10.3. The summed E-state index contributed by atoms with van der Waals surface area (Å²) in [5, 5.41) is 16.4. The molecule has 29 heavy (non-hydrogen) atoms. The minimum atomic E-state index is 0.621. The Kier molecular flexibility index (Phi) is 4.74. The normalized spacial score (nSPS) is 14.9. The van der Waals surface area contributed by atoms with E-state index in [1.54, 1.807) is 0 Å². The van der Waals surface area contributed by atoms with Gasteiger partial charge < -0.3 is 10.6 Å². The molecule has 0 bridgehead atoms. The lowest BCUT2D eigenvalue weighted by Gasteiger charge is -2.23. The highest BCUT2D eigenvalue weighted by Gasteiger charge is 2.16. The van der Waals surface area contributed by atoms with Gasteiger partial charge in [-0.05, 0) is 61.9 Å². The Morgan fingerprint density at radius 2 is 1.79 bits per heavy atom. The molecular weight excluding hydrogens is 358 g/mol. The summed E-state index contributed by atoms with van der Waals surface area (Å²) in [6.07, 6.45) is 2.38. The van der Waals surface area contributed by atoms with Gasteiger partial charge in [-0.15, -0.1) is 0 Å². The van der Waals surface area contributed by atoms with E-state index in [2.05, 4.69) is 75.4 Å². The SMILES string of the molecule is Cc1cc(Nc2cc3ccccc3c(-c3cccc(C4CCNCC4)c3)n2)n[nH]1. The maximum Gasteiger partial charge on any atom is 0.153 e. The molecule has 1 aliphatic heterocycles. The number of piperidine rings is 1. The molecule has 2 aromatic carbocycles. The van der Waals surface area contributed by atoms with Crippen molar-refractivity contribution in [3.63, 3.8) is 0 Å². The Labute approximate surface area is 170 Å². The van der Waals surface area contributed by atoms with E-state index in [-0.39, 0.29) is 0 Å². The van der Waals surface area contributed by atoms with Crippen LogP contribution in [-0.2, 0) is 0 Å². The minimum absolute atomic E-state index is 0.621. The standard InChI is InChI=1S/C24H25N5/c1-16-13-23(29-28-16)26-22-15-19-5-2-3-8-21(19)24(27-22)20-7-4-6-18(14-20)17-9-11-25-12-10-17/h2-8,13-15,17,25H,9-12H2,1H3,(H2,26,27,28,29). The number of nitrogens with one attached hydrogen (secondary N) is 3. The molecule has 5 rings (SSSR count). The van der Waals surface area contributed by atoms with Crippen LogP contribution in [0.25, 0.3) is 22.0 Å². The number of hydrogen-bond donors (Lipinski definition) is 3. The summed E-state index contributed by atoms with van der Waals surface area (Å²) in [7, 11) is 0. The van der Waals surface area contributed by atoms with Crippen LogP contribution in [0.4, 0.5) is 11.6 Å². The second kappa shape index (κ2) is 7.68. The van der Waals surface area contributed by atoms with Gasteiger partial charge in [0.1, 0.15) is 5.82 Å². The third kappa shape index (κ3) is 3.74. The molecule has 3 heterocycles. The van der Waals surface area contributed by atoms with Crippen molar-refractivity contribution < 1.29 is 0 Å². The van der Waals surface area contributed by atoms with E-state index in [1.165, 1.54) is 34.7 Å². The summed E-state index contributed by atoms with van der Waals surface area (Å²) in [6.45, 7) is 4.18. The van der Waals surface area contributed by atoms with E-state index in [1.807, 2.05) is 13.0 Å². The van der Waals surface area contributed by atoms with E-state index in [0.29, 0.717) is 5.92 Å². The number of fused-ring (bicyclic) bond motifs is 1. The fraction of sp³-hybridized carbons (Fsp3) is 0.250. The molecule has 0 aliphatic carbocycles. The van der Waals surface area contributed by atoms with Crippen LogP contribution < -0.4 is 10.6 Å². The smallest absolute Gasteiger partial charge is 0.153 e. The number of aromatic nitrogens is 3. The number of anilines is 2. The van der Waals surface area contributed by atoms with Gasteiger partial charge >= 0.3 is 0 Å². The molecule has 0 radical (unpaired) electrons. The third-order valence-corrected chi connectivity index (χ3v) is 5.67. The molecular formula is C24H25N5. The van der Waals surface area contributed by atoms with Gasteiger partial charge in [0.15, 0.2) is 5.82 Å². The summed E-state index contributed by atoms with van der Waals surface area (Å²) in [5.74, 6) is 2.20. The fourth-order valence-corrected chi connectivity index (χ4v) is 4.19. The maximum absolute atomic E-state index is 4.98. The van der Waals surface area contributed by atoms with Gasteiger partial charge in [0.05, 0.1) is 5.69 Å². The van der Waals surface area contributed by atoms with E-state index in [9.17, 15) is 0 Å². The van der Waals surface area contributed by atoms with Crippen LogP contribution in [0.5, 0.6) is 0 Å². The van der Waals surface area contributed by atoms with Gasteiger partial charge in [-0.2, -0.15) is 5.10 Å². The van der Waals surface area contributed by atoms with E-state index in [4.69, 9.17) is 4.98 Å².